The molecule has 0 spiro atoms. The summed E-state index contributed by atoms with van der Waals surface area (Å²) in [6.45, 7) is 2.14. The molecule has 102 valence electrons. The van der Waals surface area contributed by atoms with Crippen LogP contribution in [-0.2, 0) is 16.0 Å². The summed E-state index contributed by atoms with van der Waals surface area (Å²) in [5.41, 5.74) is 1.26. The van der Waals surface area contributed by atoms with Gasteiger partial charge in [0.25, 0.3) is 0 Å². The van der Waals surface area contributed by atoms with Crippen LogP contribution in [0, 0.1) is 0 Å². The molecule has 0 saturated carbocycles. The van der Waals surface area contributed by atoms with E-state index in [1.54, 1.807) is 16.2 Å². The second-order valence-electron chi connectivity index (χ2n) is 5.20. The number of carbonyl (C=O) groups excluding carboxylic acids is 2. The lowest BCUT2D eigenvalue weighted by atomic mass is 9.91. The van der Waals surface area contributed by atoms with E-state index >= 15 is 0 Å². The number of hydrogen-bond donors (Lipinski definition) is 1. The average molecular weight is 278 g/mol. The molecular weight excluding hydrogens is 260 g/mol. The zero-order valence-electron chi connectivity index (χ0n) is 11.0. The lowest BCUT2D eigenvalue weighted by Crippen LogP contribution is -2.58. The van der Waals surface area contributed by atoms with E-state index in [-0.39, 0.29) is 30.4 Å². The molecule has 1 aliphatic heterocycles. The molecule has 3 rings (SSSR count). The molecule has 2 aliphatic rings. The average Bonchev–Trinajstić information content (AvgIpc) is 2.89. The molecule has 0 radical (unpaired) electrons. The van der Waals surface area contributed by atoms with Gasteiger partial charge in [-0.15, -0.1) is 11.3 Å². The first-order valence-electron chi connectivity index (χ1n) is 6.86. The van der Waals surface area contributed by atoms with E-state index in [1.807, 2.05) is 6.92 Å². The number of thiophene rings is 1. The van der Waals surface area contributed by atoms with Gasteiger partial charge >= 0.3 is 0 Å². The summed E-state index contributed by atoms with van der Waals surface area (Å²) in [5, 5.41) is 4.87. The number of piperazine rings is 1. The number of hydrogen-bond acceptors (Lipinski definition) is 3. The van der Waals surface area contributed by atoms with E-state index in [2.05, 4.69) is 16.8 Å². The van der Waals surface area contributed by atoms with Crippen LogP contribution in [0.4, 0.5) is 0 Å². The van der Waals surface area contributed by atoms with Gasteiger partial charge in [0.2, 0.25) is 11.8 Å². The number of aryl methyl sites for hydroxylation is 1. The van der Waals surface area contributed by atoms with Crippen molar-refractivity contribution in [2.45, 2.75) is 44.7 Å². The zero-order chi connectivity index (χ0) is 13.4. The largest absolute Gasteiger partial charge is 0.343 e. The highest BCUT2D eigenvalue weighted by Gasteiger charge is 2.37. The van der Waals surface area contributed by atoms with Crippen LogP contribution in [0.5, 0.6) is 0 Å². The summed E-state index contributed by atoms with van der Waals surface area (Å²) in [6, 6.07) is 1.87. The molecular formula is C14H18N2O2S. The summed E-state index contributed by atoms with van der Waals surface area (Å²) in [5.74, 6) is 0.0416. The van der Waals surface area contributed by atoms with Gasteiger partial charge in [0.1, 0.15) is 12.6 Å². The number of amides is 2. The maximum Gasteiger partial charge on any atom is 0.246 e. The molecule has 19 heavy (non-hydrogen) atoms. The Balaban J connectivity index is 1.90. The Morgan fingerprint density at radius 1 is 1.47 bits per heavy atom. The fourth-order valence-electron chi connectivity index (χ4n) is 3.06. The first-order valence-corrected chi connectivity index (χ1v) is 7.74. The molecule has 2 heterocycles. The lowest BCUT2D eigenvalue weighted by molar-refractivity contribution is -0.147. The minimum absolute atomic E-state index is 0.0335. The van der Waals surface area contributed by atoms with Crippen molar-refractivity contribution in [2.75, 3.05) is 6.54 Å². The van der Waals surface area contributed by atoms with E-state index < -0.39 is 0 Å². The molecule has 0 aromatic carbocycles. The van der Waals surface area contributed by atoms with Gasteiger partial charge in [0.15, 0.2) is 0 Å². The van der Waals surface area contributed by atoms with Crippen molar-refractivity contribution in [3.05, 3.63) is 21.9 Å². The minimum atomic E-state index is -0.342. The van der Waals surface area contributed by atoms with Crippen LogP contribution >= 0.6 is 11.3 Å². The topological polar surface area (TPSA) is 49.4 Å². The van der Waals surface area contributed by atoms with Crippen LogP contribution < -0.4 is 5.32 Å². The number of nitrogens with zero attached hydrogens (tertiary/aromatic N) is 1. The van der Waals surface area contributed by atoms with Gasteiger partial charge in [-0.1, -0.05) is 6.92 Å². The molecule has 1 saturated heterocycles. The summed E-state index contributed by atoms with van der Waals surface area (Å²) in [4.78, 5) is 27.4. The number of nitrogens with one attached hydrogen (secondary N) is 1. The van der Waals surface area contributed by atoms with E-state index in [1.165, 1.54) is 10.4 Å². The van der Waals surface area contributed by atoms with Crippen LogP contribution in [-0.4, -0.2) is 29.3 Å². The Labute approximate surface area is 116 Å². The van der Waals surface area contributed by atoms with E-state index in [0.29, 0.717) is 6.42 Å². The van der Waals surface area contributed by atoms with Crippen LogP contribution in [0.1, 0.15) is 42.7 Å². The van der Waals surface area contributed by atoms with Crippen LogP contribution in [0.25, 0.3) is 0 Å². The lowest BCUT2D eigenvalue weighted by Gasteiger charge is -2.39. The Morgan fingerprint density at radius 2 is 2.32 bits per heavy atom. The van der Waals surface area contributed by atoms with Crippen molar-refractivity contribution in [1.29, 1.82) is 0 Å². The van der Waals surface area contributed by atoms with E-state index in [0.717, 1.165) is 19.3 Å². The fourth-order valence-corrected chi connectivity index (χ4v) is 4.04. The van der Waals surface area contributed by atoms with Crippen LogP contribution in [0.2, 0.25) is 0 Å². The molecule has 5 heteroatoms. The first kappa shape index (κ1) is 12.7. The SMILES string of the molecule is CCC1NC(=O)CN(C2CCCc3sccc32)C1=O. The number of fused-ring (bicyclic) bond motifs is 1. The molecule has 1 aromatic heterocycles. The van der Waals surface area contributed by atoms with Gasteiger partial charge in [-0.05, 0) is 42.7 Å². The van der Waals surface area contributed by atoms with Crippen molar-refractivity contribution in [3.63, 3.8) is 0 Å². The van der Waals surface area contributed by atoms with Crippen LogP contribution in [0.3, 0.4) is 0 Å². The molecule has 2 amide bonds. The van der Waals surface area contributed by atoms with E-state index in [4.69, 9.17) is 0 Å². The van der Waals surface area contributed by atoms with Gasteiger partial charge in [-0.25, -0.2) is 0 Å². The minimum Gasteiger partial charge on any atom is -0.343 e. The maximum absolute atomic E-state index is 12.4. The van der Waals surface area contributed by atoms with Gasteiger partial charge < -0.3 is 10.2 Å². The summed E-state index contributed by atoms with van der Waals surface area (Å²) in [6.07, 6.45) is 3.83. The second-order valence-corrected chi connectivity index (χ2v) is 6.20. The fraction of sp³-hybridized carbons (Fsp3) is 0.571. The third-order valence-corrected chi connectivity index (χ3v) is 5.03. The molecule has 2 unspecified atom stereocenters. The van der Waals surface area contributed by atoms with Crippen LogP contribution in [0.15, 0.2) is 11.4 Å². The molecule has 4 nitrogen and oxygen atoms in total. The highest BCUT2D eigenvalue weighted by Crippen LogP contribution is 2.37. The van der Waals surface area contributed by atoms with Crippen molar-refractivity contribution in [3.8, 4) is 0 Å². The number of rotatable bonds is 2. The molecule has 0 bridgehead atoms. The summed E-state index contributed by atoms with van der Waals surface area (Å²) >= 11 is 1.76. The highest BCUT2D eigenvalue weighted by molar-refractivity contribution is 7.10. The standard InChI is InChI=1S/C14H18N2O2S/c1-2-10-14(18)16(8-13(17)15-10)11-4-3-5-12-9(11)6-7-19-12/h6-7,10-11H,2-5,8H2,1H3,(H,15,17). The third-order valence-electron chi connectivity index (χ3n) is 4.04. The molecule has 1 N–H and O–H groups in total. The van der Waals surface area contributed by atoms with Gasteiger partial charge in [0.05, 0.1) is 6.04 Å². The summed E-state index contributed by atoms with van der Waals surface area (Å²) in [7, 11) is 0. The molecule has 1 aliphatic carbocycles. The molecule has 1 fully saturated rings. The Hall–Kier alpha value is -1.36. The Kier molecular flexibility index (Phi) is 3.31. The van der Waals surface area contributed by atoms with E-state index in [9.17, 15) is 9.59 Å². The Bertz CT molecular complexity index is 511. The smallest absolute Gasteiger partial charge is 0.246 e. The van der Waals surface area contributed by atoms with Crippen molar-refractivity contribution in [1.82, 2.24) is 10.2 Å². The van der Waals surface area contributed by atoms with Crippen molar-refractivity contribution >= 4 is 23.2 Å². The quantitative estimate of drug-likeness (QED) is 0.897. The first-order chi connectivity index (χ1) is 9.20. The summed E-state index contributed by atoms with van der Waals surface area (Å²) < 4.78 is 0. The second kappa shape index (κ2) is 4.96. The predicted molar refractivity (Wildman–Crippen MR) is 73.9 cm³/mol. The zero-order valence-corrected chi connectivity index (χ0v) is 11.8. The highest BCUT2D eigenvalue weighted by atomic mass is 32.1. The van der Waals surface area contributed by atoms with Crippen molar-refractivity contribution < 1.29 is 9.59 Å². The third kappa shape index (κ3) is 2.16. The molecule has 1 aromatic rings. The molecule has 2 atom stereocenters. The van der Waals surface area contributed by atoms with Crippen molar-refractivity contribution in [2.24, 2.45) is 0 Å². The van der Waals surface area contributed by atoms with Gasteiger partial charge in [-0.2, -0.15) is 0 Å². The predicted octanol–water partition coefficient (Wildman–Crippen LogP) is 1.86. The Morgan fingerprint density at radius 3 is 3.11 bits per heavy atom. The van der Waals surface area contributed by atoms with Gasteiger partial charge in [-0.3, -0.25) is 9.59 Å². The normalized spacial score (nSPS) is 27.1. The number of carbonyl (C=O) groups is 2. The van der Waals surface area contributed by atoms with Gasteiger partial charge in [0, 0.05) is 4.88 Å². The monoisotopic (exact) mass is 278 g/mol. The maximum atomic E-state index is 12.4.